The van der Waals surface area contributed by atoms with E-state index in [0.717, 1.165) is 18.7 Å². The van der Waals surface area contributed by atoms with Crippen LogP contribution in [-0.2, 0) is 11.3 Å². The van der Waals surface area contributed by atoms with Crippen LogP contribution in [0.2, 0.25) is 0 Å². The van der Waals surface area contributed by atoms with Crippen molar-refractivity contribution in [2.24, 2.45) is 0 Å². The molecule has 98 valence electrons. The lowest BCUT2D eigenvalue weighted by atomic mass is 10.2. The zero-order valence-electron chi connectivity index (χ0n) is 10.7. The standard InChI is InChI=1S/C12H18N4O2/c1-9-5-13-11(17)3-4-16(9)8-10-6-14-12(18-2)15-7-10/h6-7,9H,3-5,8H2,1-2H3,(H,13,17)/t9-/m0/s1. The zero-order valence-corrected chi connectivity index (χ0v) is 10.7. The fraction of sp³-hybridized carbons (Fsp3) is 0.583. The van der Waals surface area contributed by atoms with E-state index >= 15 is 0 Å². The predicted molar refractivity (Wildman–Crippen MR) is 66.1 cm³/mol. The van der Waals surface area contributed by atoms with Crippen LogP contribution in [0.25, 0.3) is 0 Å². The van der Waals surface area contributed by atoms with Crippen molar-refractivity contribution >= 4 is 5.91 Å². The van der Waals surface area contributed by atoms with Gasteiger partial charge in [-0.15, -0.1) is 0 Å². The van der Waals surface area contributed by atoms with Crippen LogP contribution in [0, 0.1) is 0 Å². The molecular formula is C12H18N4O2. The van der Waals surface area contributed by atoms with Gasteiger partial charge < -0.3 is 10.1 Å². The van der Waals surface area contributed by atoms with Crippen molar-refractivity contribution in [3.05, 3.63) is 18.0 Å². The van der Waals surface area contributed by atoms with Crippen molar-refractivity contribution < 1.29 is 9.53 Å². The number of nitrogens with one attached hydrogen (secondary N) is 1. The Labute approximate surface area is 106 Å². The lowest BCUT2D eigenvalue weighted by Crippen LogP contribution is -2.37. The molecule has 0 spiro atoms. The second kappa shape index (κ2) is 5.77. The van der Waals surface area contributed by atoms with Gasteiger partial charge in [0.05, 0.1) is 7.11 Å². The average Bonchev–Trinajstić information content (AvgIpc) is 2.55. The zero-order chi connectivity index (χ0) is 13.0. The first-order valence-electron chi connectivity index (χ1n) is 6.04. The molecule has 18 heavy (non-hydrogen) atoms. The van der Waals surface area contributed by atoms with Crippen LogP contribution in [-0.4, -0.2) is 47.0 Å². The summed E-state index contributed by atoms with van der Waals surface area (Å²) in [6.07, 6.45) is 4.07. The summed E-state index contributed by atoms with van der Waals surface area (Å²) >= 11 is 0. The van der Waals surface area contributed by atoms with Crippen molar-refractivity contribution in [1.82, 2.24) is 20.2 Å². The van der Waals surface area contributed by atoms with Gasteiger partial charge in [-0.2, -0.15) is 0 Å². The van der Waals surface area contributed by atoms with Crippen LogP contribution in [0.1, 0.15) is 18.9 Å². The molecular weight excluding hydrogens is 232 g/mol. The Hall–Kier alpha value is -1.69. The van der Waals surface area contributed by atoms with E-state index in [9.17, 15) is 4.79 Å². The second-order valence-corrected chi connectivity index (χ2v) is 4.45. The normalized spacial score (nSPS) is 21.2. The lowest BCUT2D eigenvalue weighted by molar-refractivity contribution is -0.120. The second-order valence-electron chi connectivity index (χ2n) is 4.45. The summed E-state index contributed by atoms with van der Waals surface area (Å²) < 4.78 is 4.92. The van der Waals surface area contributed by atoms with E-state index in [1.165, 1.54) is 0 Å². The van der Waals surface area contributed by atoms with Crippen molar-refractivity contribution in [2.75, 3.05) is 20.2 Å². The minimum absolute atomic E-state index is 0.121. The molecule has 2 rings (SSSR count). The van der Waals surface area contributed by atoms with Gasteiger partial charge in [-0.3, -0.25) is 9.69 Å². The van der Waals surface area contributed by atoms with Crippen molar-refractivity contribution in [3.8, 4) is 6.01 Å². The Bertz CT molecular complexity index is 407. The number of hydrogen-bond acceptors (Lipinski definition) is 5. The fourth-order valence-electron chi connectivity index (χ4n) is 1.94. The predicted octanol–water partition coefficient (Wildman–Crippen LogP) is 0.196. The fourth-order valence-corrected chi connectivity index (χ4v) is 1.94. The molecule has 1 aliphatic rings. The highest BCUT2D eigenvalue weighted by atomic mass is 16.5. The Morgan fingerprint density at radius 3 is 2.89 bits per heavy atom. The molecule has 0 saturated carbocycles. The molecule has 1 aromatic heterocycles. The molecule has 1 N–H and O–H groups in total. The van der Waals surface area contributed by atoms with Gasteiger partial charge in [-0.1, -0.05) is 0 Å². The summed E-state index contributed by atoms with van der Waals surface area (Å²) in [4.78, 5) is 21.8. The number of hydrogen-bond donors (Lipinski definition) is 1. The Balaban J connectivity index is 2.00. The van der Waals surface area contributed by atoms with Crippen LogP contribution < -0.4 is 10.1 Å². The number of amides is 1. The molecule has 0 bridgehead atoms. The molecule has 6 heteroatoms. The summed E-state index contributed by atoms with van der Waals surface area (Å²) in [5.41, 5.74) is 1.02. The highest BCUT2D eigenvalue weighted by molar-refractivity contribution is 5.76. The third kappa shape index (κ3) is 3.16. The maximum atomic E-state index is 11.3. The minimum atomic E-state index is 0.121. The van der Waals surface area contributed by atoms with Crippen molar-refractivity contribution in [1.29, 1.82) is 0 Å². The SMILES string of the molecule is COc1ncc(CN2CCC(=O)NC[C@@H]2C)cn1. The van der Waals surface area contributed by atoms with Gasteiger partial charge in [-0.25, -0.2) is 9.97 Å². The molecule has 1 amide bonds. The van der Waals surface area contributed by atoms with E-state index in [0.29, 0.717) is 25.0 Å². The van der Waals surface area contributed by atoms with Gasteiger partial charge in [-0.05, 0) is 6.92 Å². The smallest absolute Gasteiger partial charge is 0.316 e. The number of carbonyl (C=O) groups is 1. The van der Waals surface area contributed by atoms with Crippen LogP contribution in [0.4, 0.5) is 0 Å². The highest BCUT2D eigenvalue weighted by Gasteiger charge is 2.20. The summed E-state index contributed by atoms with van der Waals surface area (Å²) in [7, 11) is 1.54. The number of nitrogens with zero attached hydrogens (tertiary/aromatic N) is 3. The molecule has 1 atom stereocenters. The van der Waals surface area contributed by atoms with E-state index in [1.807, 2.05) is 0 Å². The van der Waals surface area contributed by atoms with Crippen LogP contribution >= 0.6 is 0 Å². The van der Waals surface area contributed by atoms with Gasteiger partial charge in [0.2, 0.25) is 5.91 Å². The number of carbonyl (C=O) groups excluding carboxylic acids is 1. The quantitative estimate of drug-likeness (QED) is 0.829. The molecule has 0 aliphatic carbocycles. The van der Waals surface area contributed by atoms with Gasteiger partial charge in [0.25, 0.3) is 0 Å². The molecule has 6 nitrogen and oxygen atoms in total. The molecule has 0 radical (unpaired) electrons. The Kier molecular flexibility index (Phi) is 4.09. The first-order chi connectivity index (χ1) is 8.69. The first kappa shape index (κ1) is 12.8. The molecule has 1 aromatic rings. The van der Waals surface area contributed by atoms with E-state index in [1.54, 1.807) is 19.5 Å². The third-order valence-electron chi connectivity index (χ3n) is 3.09. The van der Waals surface area contributed by atoms with Gasteiger partial charge in [0, 0.05) is 50.1 Å². The van der Waals surface area contributed by atoms with Crippen LogP contribution in [0.5, 0.6) is 6.01 Å². The van der Waals surface area contributed by atoms with Crippen LogP contribution in [0.15, 0.2) is 12.4 Å². The molecule has 1 saturated heterocycles. The van der Waals surface area contributed by atoms with E-state index in [4.69, 9.17) is 4.74 Å². The maximum absolute atomic E-state index is 11.3. The maximum Gasteiger partial charge on any atom is 0.316 e. The van der Waals surface area contributed by atoms with Crippen molar-refractivity contribution in [3.63, 3.8) is 0 Å². The largest absolute Gasteiger partial charge is 0.467 e. The number of methoxy groups -OCH3 is 1. The Morgan fingerprint density at radius 2 is 2.22 bits per heavy atom. The summed E-state index contributed by atoms with van der Waals surface area (Å²) in [6, 6.07) is 0.693. The molecule has 1 fully saturated rings. The van der Waals surface area contributed by atoms with Gasteiger partial charge >= 0.3 is 6.01 Å². The Morgan fingerprint density at radius 1 is 1.50 bits per heavy atom. The van der Waals surface area contributed by atoms with Gasteiger partial charge in [0.15, 0.2) is 0 Å². The summed E-state index contributed by atoms with van der Waals surface area (Å²) in [6.45, 7) is 4.31. The summed E-state index contributed by atoms with van der Waals surface area (Å²) in [5, 5.41) is 2.90. The van der Waals surface area contributed by atoms with E-state index < -0.39 is 0 Å². The summed E-state index contributed by atoms with van der Waals surface area (Å²) in [5.74, 6) is 0.121. The topological polar surface area (TPSA) is 67.3 Å². The molecule has 0 aromatic carbocycles. The lowest BCUT2D eigenvalue weighted by Gasteiger charge is -2.25. The molecule has 0 unspecified atom stereocenters. The number of aromatic nitrogens is 2. The number of ether oxygens (including phenoxy) is 1. The molecule has 1 aliphatic heterocycles. The molecule has 2 heterocycles. The first-order valence-corrected chi connectivity index (χ1v) is 6.04. The van der Waals surface area contributed by atoms with E-state index in [2.05, 4.69) is 27.1 Å². The minimum Gasteiger partial charge on any atom is -0.467 e. The monoisotopic (exact) mass is 250 g/mol. The van der Waals surface area contributed by atoms with Crippen LogP contribution in [0.3, 0.4) is 0 Å². The van der Waals surface area contributed by atoms with Crippen molar-refractivity contribution in [2.45, 2.75) is 25.9 Å². The third-order valence-corrected chi connectivity index (χ3v) is 3.09. The van der Waals surface area contributed by atoms with E-state index in [-0.39, 0.29) is 5.91 Å². The van der Waals surface area contributed by atoms with Gasteiger partial charge in [0.1, 0.15) is 0 Å². The number of rotatable bonds is 3. The highest BCUT2D eigenvalue weighted by Crippen LogP contribution is 2.11. The average molecular weight is 250 g/mol.